The second-order valence-corrected chi connectivity index (χ2v) is 4.73. The number of phenolic OH excluding ortho intramolecular Hbond substituents is 1. The topological polar surface area (TPSA) is 92.5 Å². The lowest BCUT2D eigenvalue weighted by Crippen LogP contribution is -2.14. The van der Waals surface area contributed by atoms with Crippen LogP contribution in [0, 0.1) is 10.1 Å². The van der Waals surface area contributed by atoms with E-state index in [0.717, 1.165) is 0 Å². The van der Waals surface area contributed by atoms with Crippen LogP contribution >= 0.6 is 11.6 Å². The summed E-state index contributed by atoms with van der Waals surface area (Å²) in [6.07, 6.45) is 0.000174. The molecule has 2 aromatic carbocycles. The molecule has 0 aliphatic carbocycles. The maximum Gasteiger partial charge on any atom is 0.269 e. The quantitative estimate of drug-likeness (QED) is 0.515. The number of halogens is 1. The summed E-state index contributed by atoms with van der Waals surface area (Å²) in [7, 11) is 0. The van der Waals surface area contributed by atoms with Gasteiger partial charge >= 0.3 is 0 Å². The zero-order valence-corrected chi connectivity index (χ0v) is 11.5. The molecule has 0 unspecified atom stereocenters. The summed E-state index contributed by atoms with van der Waals surface area (Å²) in [4.78, 5) is 22.0. The van der Waals surface area contributed by atoms with Gasteiger partial charge in [0.05, 0.1) is 16.4 Å². The van der Waals surface area contributed by atoms with Crippen molar-refractivity contribution in [2.45, 2.75) is 6.42 Å². The molecular formula is C14H11ClN2O4. The number of nitrogens with zero attached hydrogens (tertiary/aromatic N) is 1. The van der Waals surface area contributed by atoms with Gasteiger partial charge < -0.3 is 10.4 Å². The Morgan fingerprint density at radius 2 is 2.05 bits per heavy atom. The fourth-order valence-electron chi connectivity index (χ4n) is 1.76. The Balaban J connectivity index is 2.06. The number of hydrogen-bond donors (Lipinski definition) is 2. The maximum atomic E-state index is 11.9. The van der Waals surface area contributed by atoms with E-state index in [-0.39, 0.29) is 28.8 Å². The van der Waals surface area contributed by atoms with Gasteiger partial charge in [0.15, 0.2) is 0 Å². The molecule has 6 nitrogen and oxygen atoms in total. The molecule has 7 heteroatoms. The molecule has 1 amide bonds. The van der Waals surface area contributed by atoms with E-state index in [0.29, 0.717) is 11.3 Å². The fraction of sp³-hybridized carbons (Fsp3) is 0.0714. The zero-order chi connectivity index (χ0) is 15.4. The standard InChI is InChI=1S/C14H11ClN2O4/c15-12-8-10(4-5-13(12)18)16-14(19)7-9-2-1-3-11(6-9)17(20)21/h1-6,8,18H,7H2,(H,16,19). The van der Waals surface area contributed by atoms with E-state index < -0.39 is 4.92 Å². The van der Waals surface area contributed by atoms with Gasteiger partial charge in [-0.1, -0.05) is 23.7 Å². The maximum absolute atomic E-state index is 11.9. The number of non-ortho nitro benzene ring substituents is 1. The van der Waals surface area contributed by atoms with Crippen LogP contribution < -0.4 is 5.32 Å². The first-order valence-electron chi connectivity index (χ1n) is 5.97. The van der Waals surface area contributed by atoms with Gasteiger partial charge in [0.25, 0.3) is 5.69 Å². The monoisotopic (exact) mass is 306 g/mol. The number of amides is 1. The molecule has 0 heterocycles. The molecular weight excluding hydrogens is 296 g/mol. The third-order valence-corrected chi connectivity index (χ3v) is 3.02. The molecule has 0 aliphatic rings. The molecule has 0 radical (unpaired) electrons. The van der Waals surface area contributed by atoms with Crippen molar-refractivity contribution in [1.82, 2.24) is 0 Å². The van der Waals surface area contributed by atoms with Gasteiger partial charge in [-0.2, -0.15) is 0 Å². The van der Waals surface area contributed by atoms with Crippen LogP contribution in [0.4, 0.5) is 11.4 Å². The molecule has 108 valence electrons. The van der Waals surface area contributed by atoms with E-state index in [2.05, 4.69) is 5.32 Å². The van der Waals surface area contributed by atoms with Crippen LogP contribution in [0.3, 0.4) is 0 Å². The van der Waals surface area contributed by atoms with Crippen LogP contribution in [0.15, 0.2) is 42.5 Å². The van der Waals surface area contributed by atoms with Gasteiger partial charge in [-0.3, -0.25) is 14.9 Å². The highest BCUT2D eigenvalue weighted by molar-refractivity contribution is 6.32. The Hall–Kier alpha value is -2.60. The number of nitro benzene ring substituents is 1. The Bertz CT molecular complexity index is 703. The Kier molecular flexibility index (Phi) is 4.39. The number of nitrogens with one attached hydrogen (secondary N) is 1. The summed E-state index contributed by atoms with van der Waals surface area (Å²) in [5, 5.41) is 22.7. The van der Waals surface area contributed by atoms with Crippen LogP contribution in [-0.4, -0.2) is 15.9 Å². The van der Waals surface area contributed by atoms with Crippen molar-refractivity contribution < 1.29 is 14.8 Å². The average molecular weight is 307 g/mol. The number of rotatable bonds is 4. The molecule has 2 N–H and O–H groups in total. The summed E-state index contributed by atoms with van der Waals surface area (Å²) < 4.78 is 0. The molecule has 0 fully saturated rings. The minimum atomic E-state index is -0.513. The second kappa shape index (κ2) is 6.23. The molecule has 0 saturated carbocycles. The first-order valence-corrected chi connectivity index (χ1v) is 6.35. The molecule has 0 saturated heterocycles. The smallest absolute Gasteiger partial charge is 0.269 e. The predicted octanol–water partition coefficient (Wildman–Crippen LogP) is 3.14. The van der Waals surface area contributed by atoms with Crippen LogP contribution in [0.1, 0.15) is 5.56 Å². The molecule has 0 atom stereocenters. The Labute approximate surface area is 125 Å². The van der Waals surface area contributed by atoms with Crippen molar-refractivity contribution in [2.75, 3.05) is 5.32 Å². The van der Waals surface area contributed by atoms with Gasteiger partial charge in [-0.25, -0.2) is 0 Å². The third kappa shape index (κ3) is 3.93. The first kappa shape index (κ1) is 14.8. The van der Waals surface area contributed by atoms with Crippen molar-refractivity contribution in [3.05, 3.63) is 63.2 Å². The van der Waals surface area contributed by atoms with E-state index in [1.54, 1.807) is 6.07 Å². The van der Waals surface area contributed by atoms with Crippen molar-refractivity contribution >= 4 is 28.9 Å². The largest absolute Gasteiger partial charge is 0.506 e. The Morgan fingerprint density at radius 1 is 1.29 bits per heavy atom. The molecule has 0 spiro atoms. The molecule has 2 rings (SSSR count). The van der Waals surface area contributed by atoms with E-state index in [1.807, 2.05) is 0 Å². The number of phenols is 1. The SMILES string of the molecule is O=C(Cc1cccc([N+](=O)[O-])c1)Nc1ccc(O)c(Cl)c1. The second-order valence-electron chi connectivity index (χ2n) is 4.32. The van der Waals surface area contributed by atoms with E-state index in [9.17, 15) is 20.0 Å². The van der Waals surface area contributed by atoms with Gasteiger partial charge in [-0.15, -0.1) is 0 Å². The number of carbonyl (C=O) groups excluding carboxylic acids is 1. The fourth-order valence-corrected chi connectivity index (χ4v) is 1.94. The van der Waals surface area contributed by atoms with Crippen LogP contribution in [0.25, 0.3) is 0 Å². The number of nitro groups is 1. The number of anilines is 1. The highest BCUT2D eigenvalue weighted by Gasteiger charge is 2.10. The number of carbonyl (C=O) groups is 1. The first-order chi connectivity index (χ1) is 9.95. The normalized spacial score (nSPS) is 10.1. The predicted molar refractivity (Wildman–Crippen MR) is 78.5 cm³/mol. The van der Waals surface area contributed by atoms with E-state index in [1.165, 1.54) is 36.4 Å². The lowest BCUT2D eigenvalue weighted by atomic mass is 10.1. The average Bonchev–Trinajstić information content (AvgIpc) is 2.43. The van der Waals surface area contributed by atoms with Crippen molar-refractivity contribution in [3.8, 4) is 5.75 Å². The van der Waals surface area contributed by atoms with Crippen molar-refractivity contribution in [1.29, 1.82) is 0 Å². The zero-order valence-electron chi connectivity index (χ0n) is 10.7. The number of hydrogen-bond acceptors (Lipinski definition) is 4. The summed E-state index contributed by atoms with van der Waals surface area (Å²) in [5.74, 6) is -0.411. The van der Waals surface area contributed by atoms with Gasteiger partial charge in [0.1, 0.15) is 5.75 Å². The minimum Gasteiger partial charge on any atom is -0.506 e. The van der Waals surface area contributed by atoms with E-state index in [4.69, 9.17) is 11.6 Å². The van der Waals surface area contributed by atoms with Crippen LogP contribution in [-0.2, 0) is 11.2 Å². The summed E-state index contributed by atoms with van der Waals surface area (Å²) in [6, 6.07) is 10.2. The number of aromatic hydroxyl groups is 1. The van der Waals surface area contributed by atoms with Crippen molar-refractivity contribution in [3.63, 3.8) is 0 Å². The number of benzene rings is 2. The Morgan fingerprint density at radius 3 is 2.71 bits per heavy atom. The lowest BCUT2D eigenvalue weighted by molar-refractivity contribution is -0.384. The molecule has 2 aromatic rings. The third-order valence-electron chi connectivity index (χ3n) is 2.72. The highest BCUT2D eigenvalue weighted by atomic mass is 35.5. The molecule has 0 aromatic heterocycles. The van der Waals surface area contributed by atoms with E-state index >= 15 is 0 Å². The minimum absolute atomic E-state index is 0.000174. The van der Waals surface area contributed by atoms with Crippen LogP contribution in [0.2, 0.25) is 5.02 Å². The molecule has 0 bridgehead atoms. The molecule has 0 aliphatic heterocycles. The highest BCUT2D eigenvalue weighted by Crippen LogP contribution is 2.26. The van der Waals surface area contributed by atoms with Gasteiger partial charge in [0.2, 0.25) is 5.91 Å². The van der Waals surface area contributed by atoms with Crippen LogP contribution in [0.5, 0.6) is 5.75 Å². The van der Waals surface area contributed by atoms with Gasteiger partial charge in [0, 0.05) is 17.8 Å². The summed E-state index contributed by atoms with van der Waals surface area (Å²) >= 11 is 5.74. The van der Waals surface area contributed by atoms with Crippen molar-refractivity contribution in [2.24, 2.45) is 0 Å². The molecule has 21 heavy (non-hydrogen) atoms. The summed E-state index contributed by atoms with van der Waals surface area (Å²) in [5.41, 5.74) is 0.910. The summed E-state index contributed by atoms with van der Waals surface area (Å²) in [6.45, 7) is 0. The van der Waals surface area contributed by atoms with Gasteiger partial charge in [-0.05, 0) is 23.8 Å². The lowest BCUT2D eigenvalue weighted by Gasteiger charge is -2.06.